The summed E-state index contributed by atoms with van der Waals surface area (Å²) >= 11 is 0. The third-order valence-electron chi connectivity index (χ3n) is 8.49. The SMILES string of the molecule is CCS(=O)(=O)c1cc(C(F)(F)F)cnc1-c1nc2cc(C(F)(F)F)[n+](O)cc2n1C.CCS(=O)(=O)c1cc(C(F)(F)F)cnc1-c1nc2cc(C(F)(F)F)ncc2n1C. The Hall–Kier alpha value is -5.60. The highest BCUT2D eigenvalue weighted by molar-refractivity contribution is 7.91. The van der Waals surface area contributed by atoms with Gasteiger partial charge in [0.25, 0.3) is 0 Å². The number of rotatable bonds is 6. The van der Waals surface area contributed by atoms with Crippen molar-refractivity contribution in [2.24, 2.45) is 14.1 Å². The number of hydrogen-bond donors (Lipinski definition) is 1. The smallest absolute Gasteiger partial charge is 0.324 e. The van der Waals surface area contributed by atoms with Gasteiger partial charge in [0.15, 0.2) is 31.3 Å². The van der Waals surface area contributed by atoms with Gasteiger partial charge in [0, 0.05) is 37.3 Å². The molecule has 0 saturated heterocycles. The Balaban J connectivity index is 0.000000224. The zero-order valence-corrected chi connectivity index (χ0v) is 31.7. The second-order valence-corrected chi connectivity index (χ2v) is 16.8. The van der Waals surface area contributed by atoms with Crippen LogP contribution in [0.3, 0.4) is 0 Å². The van der Waals surface area contributed by atoms with Crippen molar-refractivity contribution in [1.29, 1.82) is 0 Å². The first-order valence-corrected chi connectivity index (χ1v) is 19.4. The van der Waals surface area contributed by atoms with E-state index in [4.69, 9.17) is 0 Å². The summed E-state index contributed by atoms with van der Waals surface area (Å²) in [4.78, 5) is 17.0. The fourth-order valence-electron chi connectivity index (χ4n) is 5.37. The summed E-state index contributed by atoms with van der Waals surface area (Å²) in [6, 6.07) is 2.04. The average Bonchev–Trinajstić information content (AvgIpc) is 3.64. The molecule has 0 spiro atoms. The highest BCUT2D eigenvalue weighted by atomic mass is 32.2. The van der Waals surface area contributed by atoms with Gasteiger partial charge in [0.2, 0.25) is 6.20 Å². The Kier molecular flexibility index (Phi) is 11.2. The largest absolute Gasteiger partial charge is 0.482 e. The van der Waals surface area contributed by atoms with E-state index in [2.05, 4.69) is 24.9 Å². The highest BCUT2D eigenvalue weighted by Crippen LogP contribution is 2.38. The van der Waals surface area contributed by atoms with Crippen LogP contribution in [0.15, 0.2) is 58.8 Å². The third-order valence-corrected chi connectivity index (χ3v) is 12.0. The Bertz CT molecular complexity index is 2830. The number of sulfone groups is 2. The summed E-state index contributed by atoms with van der Waals surface area (Å²) in [6.07, 6.45) is -16.9. The van der Waals surface area contributed by atoms with Crippen molar-refractivity contribution in [2.75, 3.05) is 11.5 Å². The van der Waals surface area contributed by atoms with Crippen LogP contribution in [-0.4, -0.2) is 67.6 Å². The molecule has 27 heteroatoms. The maximum atomic E-state index is 13.0. The molecule has 0 aliphatic carbocycles. The van der Waals surface area contributed by atoms with E-state index in [1.807, 2.05) is 0 Å². The molecule has 0 saturated carbocycles. The van der Waals surface area contributed by atoms with Gasteiger partial charge in [-0.05, 0) is 18.2 Å². The van der Waals surface area contributed by atoms with Crippen LogP contribution in [0, 0.1) is 0 Å². The molecule has 6 rings (SSSR count). The van der Waals surface area contributed by atoms with Gasteiger partial charge in [-0.1, -0.05) is 13.8 Å². The molecule has 0 amide bonds. The molecule has 0 bridgehead atoms. The molecule has 0 aromatic carbocycles. The van der Waals surface area contributed by atoms with Crippen LogP contribution in [0.5, 0.6) is 0 Å². The Morgan fingerprint density at radius 1 is 0.593 bits per heavy atom. The fraction of sp³-hybridized carbons (Fsp3) is 0.312. The van der Waals surface area contributed by atoms with E-state index >= 15 is 0 Å². The van der Waals surface area contributed by atoms with Crippen LogP contribution in [-0.2, 0) is 58.5 Å². The molecule has 0 radical (unpaired) electrons. The quantitative estimate of drug-likeness (QED) is 0.106. The zero-order chi connectivity index (χ0) is 44.4. The maximum Gasteiger partial charge on any atom is 0.482 e. The predicted molar refractivity (Wildman–Crippen MR) is 179 cm³/mol. The first-order chi connectivity index (χ1) is 26.9. The van der Waals surface area contributed by atoms with Gasteiger partial charge >= 0.3 is 30.4 Å². The van der Waals surface area contributed by atoms with Gasteiger partial charge in [0.05, 0.1) is 49.7 Å². The second kappa shape index (κ2) is 14.9. The predicted octanol–water partition coefficient (Wildman–Crippen LogP) is 6.85. The van der Waals surface area contributed by atoms with E-state index in [1.54, 1.807) is 0 Å². The lowest BCUT2D eigenvalue weighted by Crippen LogP contribution is -2.39. The molecule has 13 nitrogen and oxygen atoms in total. The molecule has 0 fully saturated rings. The Labute approximate surface area is 323 Å². The summed E-state index contributed by atoms with van der Waals surface area (Å²) in [5, 5.41) is 9.62. The molecular formula is C32H25F12N8O5S2+. The van der Waals surface area contributed by atoms with E-state index in [1.165, 1.54) is 32.5 Å². The fourth-order valence-corrected chi connectivity index (χ4v) is 7.48. The van der Waals surface area contributed by atoms with E-state index in [9.17, 15) is 74.7 Å². The van der Waals surface area contributed by atoms with Crippen LogP contribution >= 0.6 is 0 Å². The van der Waals surface area contributed by atoms with Gasteiger partial charge in [-0.3, -0.25) is 15.2 Å². The van der Waals surface area contributed by atoms with Crippen molar-refractivity contribution in [1.82, 2.24) is 34.1 Å². The monoisotopic (exact) mass is 893 g/mol. The van der Waals surface area contributed by atoms with Crippen LogP contribution in [0.4, 0.5) is 52.7 Å². The number of halogens is 12. The van der Waals surface area contributed by atoms with Crippen molar-refractivity contribution in [3.05, 3.63) is 71.6 Å². The van der Waals surface area contributed by atoms with E-state index in [-0.39, 0.29) is 38.4 Å². The van der Waals surface area contributed by atoms with Gasteiger partial charge in [-0.25, -0.2) is 31.8 Å². The molecule has 0 atom stereocenters. The minimum Gasteiger partial charge on any atom is -0.324 e. The molecule has 0 unspecified atom stereocenters. The average molecular weight is 894 g/mol. The van der Waals surface area contributed by atoms with Crippen molar-refractivity contribution in [2.45, 2.75) is 48.3 Å². The summed E-state index contributed by atoms with van der Waals surface area (Å²) in [5.74, 6) is -1.54. The van der Waals surface area contributed by atoms with Crippen molar-refractivity contribution >= 4 is 41.7 Å². The van der Waals surface area contributed by atoms with Crippen molar-refractivity contribution < 1.29 is 79.5 Å². The first-order valence-electron chi connectivity index (χ1n) is 16.1. The van der Waals surface area contributed by atoms with Gasteiger partial charge in [-0.15, -0.1) is 0 Å². The molecular weight excluding hydrogens is 869 g/mol. The zero-order valence-electron chi connectivity index (χ0n) is 30.0. The maximum absolute atomic E-state index is 13.0. The van der Waals surface area contributed by atoms with Crippen molar-refractivity contribution in [3.63, 3.8) is 0 Å². The van der Waals surface area contributed by atoms with Gasteiger partial charge < -0.3 is 9.13 Å². The summed E-state index contributed by atoms with van der Waals surface area (Å²) in [7, 11) is -5.71. The number of imidazole rings is 2. The van der Waals surface area contributed by atoms with Crippen LogP contribution in [0.25, 0.3) is 45.1 Å². The molecule has 0 aliphatic rings. The summed E-state index contributed by atoms with van der Waals surface area (Å²) in [5.41, 5.74) is -6.43. The minimum atomic E-state index is -4.91. The number of pyridine rings is 4. The number of fused-ring (bicyclic) bond motifs is 2. The number of hydrogen-bond acceptors (Lipinski definition) is 10. The molecule has 59 heavy (non-hydrogen) atoms. The standard InChI is InChI=1S/C16H13F6N4O3S.C16H12F6N4O2S/c1-3-30(28,29)11-4-8(15(17,18)19)6-23-13(11)14-24-9-5-12(16(20,21)22)26(27)7-10(9)25(14)2;1-3-29(27,28)11-4-8(15(17,18)19)6-24-13(11)14-25-9-5-12(16(20,21)22)23-7-10(9)26(14)2/h4-7,27H,3H2,1-2H3;4-7H,3H2,1-2H3/q+1;. The lowest BCUT2D eigenvalue weighted by Gasteiger charge is -2.12. The van der Waals surface area contributed by atoms with E-state index in [0.29, 0.717) is 42.9 Å². The number of aromatic nitrogens is 8. The van der Waals surface area contributed by atoms with E-state index in [0.717, 1.165) is 10.8 Å². The molecule has 0 aliphatic heterocycles. The van der Waals surface area contributed by atoms with Gasteiger partial charge in [0.1, 0.15) is 28.1 Å². The van der Waals surface area contributed by atoms with E-state index < -0.39 is 99.6 Å². The lowest BCUT2D eigenvalue weighted by atomic mass is 10.2. The van der Waals surface area contributed by atoms with Crippen LogP contribution < -0.4 is 4.73 Å². The molecule has 1 N–H and O–H groups in total. The third kappa shape index (κ3) is 8.74. The molecule has 6 heterocycles. The normalized spacial score (nSPS) is 13.2. The first kappa shape index (κ1) is 44.5. The van der Waals surface area contributed by atoms with Crippen LogP contribution in [0.1, 0.15) is 36.4 Å². The number of aryl methyl sites for hydroxylation is 2. The second-order valence-electron chi connectivity index (χ2n) is 12.3. The topological polar surface area (TPSA) is 167 Å². The lowest BCUT2D eigenvalue weighted by molar-refractivity contribution is -0.914. The van der Waals surface area contributed by atoms with Crippen LogP contribution in [0.2, 0.25) is 0 Å². The Morgan fingerprint density at radius 3 is 1.41 bits per heavy atom. The van der Waals surface area contributed by atoms with Gasteiger partial charge in [-0.2, -0.15) is 52.7 Å². The summed E-state index contributed by atoms with van der Waals surface area (Å²) < 4.78 is 208. The highest BCUT2D eigenvalue weighted by Gasteiger charge is 2.43. The number of nitrogens with zero attached hydrogens (tertiary/aromatic N) is 8. The molecule has 318 valence electrons. The molecule has 6 aromatic rings. The number of alkyl halides is 12. The molecule has 6 aromatic heterocycles. The van der Waals surface area contributed by atoms with Crippen molar-refractivity contribution in [3.8, 4) is 23.0 Å². The minimum absolute atomic E-state index is 0.0398. The summed E-state index contributed by atoms with van der Waals surface area (Å²) in [6.45, 7) is 2.46. The Morgan fingerprint density at radius 2 is 1.02 bits per heavy atom.